The lowest BCUT2D eigenvalue weighted by Gasteiger charge is -2.09. The van der Waals surface area contributed by atoms with Crippen molar-refractivity contribution in [1.82, 2.24) is 10.2 Å². The van der Waals surface area contributed by atoms with Crippen LogP contribution >= 0.6 is 11.6 Å². The fraction of sp³-hybridized carbons (Fsp3) is 0.105. The van der Waals surface area contributed by atoms with Crippen LogP contribution in [0, 0.1) is 0 Å². The normalized spacial score (nSPS) is 12.9. The van der Waals surface area contributed by atoms with E-state index in [4.69, 9.17) is 11.6 Å². The molecule has 5 nitrogen and oxygen atoms in total. The van der Waals surface area contributed by atoms with Gasteiger partial charge in [0.15, 0.2) is 0 Å². The lowest BCUT2D eigenvalue weighted by atomic mass is 10.1. The summed E-state index contributed by atoms with van der Waals surface area (Å²) in [7, 11) is 0. The van der Waals surface area contributed by atoms with Crippen LogP contribution in [0.4, 0.5) is 0 Å². The standard InChI is InChI=1S/C19H15ClN2O3/c1-2-9-22-18(24)14-8-7-12(10-15(14)19(22)25)17(23)21-11-13-5-3-4-6-16(13)20/h2-8,10H,1,9,11H2,(H,21,23). The minimum absolute atomic E-state index is 0.139. The van der Waals surface area contributed by atoms with Gasteiger partial charge in [-0.2, -0.15) is 0 Å². The van der Waals surface area contributed by atoms with E-state index < -0.39 is 5.91 Å². The Labute approximate surface area is 149 Å². The molecule has 1 heterocycles. The number of amides is 3. The summed E-state index contributed by atoms with van der Waals surface area (Å²) in [5, 5.41) is 3.33. The number of nitrogens with one attached hydrogen (secondary N) is 1. The number of hydrogen-bond acceptors (Lipinski definition) is 3. The zero-order valence-corrected chi connectivity index (χ0v) is 14.0. The fourth-order valence-electron chi connectivity index (χ4n) is 2.65. The van der Waals surface area contributed by atoms with E-state index in [9.17, 15) is 14.4 Å². The molecule has 0 atom stereocenters. The molecule has 3 amide bonds. The van der Waals surface area contributed by atoms with Gasteiger partial charge in [0.05, 0.1) is 11.1 Å². The highest BCUT2D eigenvalue weighted by Crippen LogP contribution is 2.24. The Hall–Kier alpha value is -2.92. The summed E-state index contributed by atoms with van der Waals surface area (Å²) in [5.41, 5.74) is 1.64. The third kappa shape index (κ3) is 3.19. The van der Waals surface area contributed by atoms with Gasteiger partial charge in [-0.1, -0.05) is 35.9 Å². The summed E-state index contributed by atoms with van der Waals surface area (Å²) in [5.74, 6) is -1.13. The minimum atomic E-state index is -0.416. The fourth-order valence-corrected chi connectivity index (χ4v) is 2.85. The number of imide groups is 1. The number of halogens is 1. The Morgan fingerprint density at radius 3 is 2.56 bits per heavy atom. The van der Waals surface area contributed by atoms with Crippen LogP contribution in [0.3, 0.4) is 0 Å². The predicted octanol–water partition coefficient (Wildman–Crippen LogP) is 3.05. The predicted molar refractivity (Wildman–Crippen MR) is 94.6 cm³/mol. The van der Waals surface area contributed by atoms with Crippen molar-refractivity contribution >= 4 is 29.3 Å². The van der Waals surface area contributed by atoms with Crippen LogP contribution in [0.5, 0.6) is 0 Å². The minimum Gasteiger partial charge on any atom is -0.348 e. The van der Waals surface area contributed by atoms with Crippen molar-refractivity contribution in [3.8, 4) is 0 Å². The molecule has 0 fully saturated rings. The van der Waals surface area contributed by atoms with E-state index in [2.05, 4.69) is 11.9 Å². The molecule has 1 aliphatic rings. The molecule has 6 heteroatoms. The summed E-state index contributed by atoms with van der Waals surface area (Å²) >= 11 is 6.06. The van der Waals surface area contributed by atoms with Gasteiger partial charge in [-0.15, -0.1) is 6.58 Å². The quantitative estimate of drug-likeness (QED) is 0.663. The van der Waals surface area contributed by atoms with Crippen molar-refractivity contribution in [1.29, 1.82) is 0 Å². The number of nitrogens with zero attached hydrogens (tertiary/aromatic N) is 1. The Kier molecular flexibility index (Phi) is 4.67. The van der Waals surface area contributed by atoms with Gasteiger partial charge < -0.3 is 5.32 Å². The van der Waals surface area contributed by atoms with Crippen LogP contribution in [0.15, 0.2) is 55.1 Å². The maximum absolute atomic E-state index is 12.3. The summed E-state index contributed by atoms with van der Waals surface area (Å²) in [6.07, 6.45) is 1.49. The van der Waals surface area contributed by atoms with Crippen LogP contribution in [0.1, 0.15) is 36.6 Å². The van der Waals surface area contributed by atoms with E-state index in [1.54, 1.807) is 6.07 Å². The van der Waals surface area contributed by atoms with Gasteiger partial charge in [-0.05, 0) is 29.8 Å². The summed E-state index contributed by atoms with van der Waals surface area (Å²) in [6, 6.07) is 11.7. The van der Waals surface area contributed by atoms with Crippen LogP contribution in [-0.4, -0.2) is 29.2 Å². The number of carbonyl (C=O) groups excluding carboxylic acids is 3. The lowest BCUT2D eigenvalue weighted by molar-refractivity contribution is 0.0672. The molecule has 0 aromatic heterocycles. The second-order valence-corrected chi connectivity index (χ2v) is 5.95. The highest BCUT2D eigenvalue weighted by molar-refractivity contribution is 6.31. The molecule has 25 heavy (non-hydrogen) atoms. The van der Waals surface area contributed by atoms with Crippen LogP contribution in [-0.2, 0) is 6.54 Å². The molecule has 2 aromatic rings. The van der Waals surface area contributed by atoms with Crippen molar-refractivity contribution in [2.24, 2.45) is 0 Å². The van der Waals surface area contributed by atoms with Crippen molar-refractivity contribution in [2.45, 2.75) is 6.54 Å². The molecule has 2 aromatic carbocycles. The average Bonchev–Trinajstić information content (AvgIpc) is 2.85. The summed E-state index contributed by atoms with van der Waals surface area (Å²) in [4.78, 5) is 37.9. The van der Waals surface area contributed by atoms with Crippen LogP contribution in [0.2, 0.25) is 5.02 Å². The SMILES string of the molecule is C=CCN1C(=O)c2ccc(C(=O)NCc3ccccc3Cl)cc2C1=O. The van der Waals surface area contributed by atoms with E-state index in [0.717, 1.165) is 10.5 Å². The van der Waals surface area contributed by atoms with Crippen LogP contribution < -0.4 is 5.32 Å². The first-order valence-electron chi connectivity index (χ1n) is 7.65. The molecule has 0 unspecified atom stereocenters. The molecule has 0 radical (unpaired) electrons. The van der Waals surface area contributed by atoms with Gasteiger partial charge in [-0.25, -0.2) is 0 Å². The summed E-state index contributed by atoms with van der Waals surface area (Å²) in [6.45, 7) is 3.95. The van der Waals surface area contributed by atoms with E-state index >= 15 is 0 Å². The number of hydrogen-bond donors (Lipinski definition) is 1. The molecular formula is C19H15ClN2O3. The van der Waals surface area contributed by atoms with Gasteiger partial charge in [0.25, 0.3) is 17.7 Å². The first-order valence-corrected chi connectivity index (χ1v) is 8.03. The first-order chi connectivity index (χ1) is 12.0. The first kappa shape index (κ1) is 16.9. The summed E-state index contributed by atoms with van der Waals surface area (Å²) < 4.78 is 0. The highest BCUT2D eigenvalue weighted by atomic mass is 35.5. The molecule has 3 rings (SSSR count). The molecule has 0 saturated carbocycles. The van der Waals surface area contributed by atoms with Crippen LogP contribution in [0.25, 0.3) is 0 Å². The van der Waals surface area contributed by atoms with Gasteiger partial charge >= 0.3 is 0 Å². The number of rotatable bonds is 5. The Balaban J connectivity index is 1.78. The number of benzene rings is 2. The zero-order chi connectivity index (χ0) is 18.0. The molecule has 0 spiro atoms. The molecule has 1 N–H and O–H groups in total. The molecule has 0 bridgehead atoms. The largest absolute Gasteiger partial charge is 0.348 e. The van der Waals surface area contributed by atoms with Crippen molar-refractivity contribution in [3.05, 3.63) is 82.4 Å². The Bertz CT molecular complexity index is 892. The molecule has 0 saturated heterocycles. The number of carbonyl (C=O) groups is 3. The van der Waals surface area contributed by atoms with Crippen molar-refractivity contribution in [2.75, 3.05) is 6.54 Å². The highest BCUT2D eigenvalue weighted by Gasteiger charge is 2.35. The van der Waals surface area contributed by atoms with E-state index in [1.807, 2.05) is 18.2 Å². The Morgan fingerprint density at radius 2 is 1.84 bits per heavy atom. The zero-order valence-electron chi connectivity index (χ0n) is 13.3. The van der Waals surface area contributed by atoms with E-state index in [-0.39, 0.29) is 30.5 Å². The molecule has 1 aliphatic heterocycles. The van der Waals surface area contributed by atoms with Gasteiger partial charge in [0.1, 0.15) is 0 Å². The molecular weight excluding hydrogens is 340 g/mol. The second-order valence-electron chi connectivity index (χ2n) is 5.54. The molecule has 126 valence electrons. The second kappa shape index (κ2) is 6.91. The molecule has 0 aliphatic carbocycles. The van der Waals surface area contributed by atoms with Gasteiger partial charge in [0.2, 0.25) is 0 Å². The van der Waals surface area contributed by atoms with Gasteiger partial charge in [0, 0.05) is 23.7 Å². The monoisotopic (exact) mass is 354 g/mol. The Morgan fingerprint density at radius 1 is 1.12 bits per heavy atom. The smallest absolute Gasteiger partial charge is 0.261 e. The lowest BCUT2D eigenvalue weighted by Crippen LogP contribution is -2.29. The number of fused-ring (bicyclic) bond motifs is 1. The van der Waals surface area contributed by atoms with E-state index in [1.165, 1.54) is 24.3 Å². The topological polar surface area (TPSA) is 66.5 Å². The average molecular weight is 355 g/mol. The third-order valence-electron chi connectivity index (χ3n) is 3.94. The van der Waals surface area contributed by atoms with Crippen molar-refractivity contribution in [3.63, 3.8) is 0 Å². The van der Waals surface area contributed by atoms with Gasteiger partial charge in [-0.3, -0.25) is 19.3 Å². The maximum atomic E-state index is 12.3. The van der Waals surface area contributed by atoms with Crippen molar-refractivity contribution < 1.29 is 14.4 Å². The van der Waals surface area contributed by atoms with E-state index in [0.29, 0.717) is 16.1 Å². The third-order valence-corrected chi connectivity index (χ3v) is 4.31. The maximum Gasteiger partial charge on any atom is 0.261 e.